The van der Waals surface area contributed by atoms with Gasteiger partial charge in [-0.05, 0) is 31.1 Å². The molecule has 1 saturated carbocycles. The summed E-state index contributed by atoms with van der Waals surface area (Å²) in [5.41, 5.74) is 0.0552. The minimum absolute atomic E-state index is 0.321. The number of aliphatic hydroxyl groups is 1. The predicted molar refractivity (Wildman–Crippen MR) is 56.7 cm³/mol. The molecule has 0 radical (unpaired) electrons. The maximum atomic E-state index is 10.3. The highest BCUT2D eigenvalue weighted by molar-refractivity contribution is 4.93. The summed E-state index contributed by atoms with van der Waals surface area (Å²) in [6.45, 7) is 6.75. The second-order valence-electron chi connectivity index (χ2n) is 5.52. The summed E-state index contributed by atoms with van der Waals surface area (Å²) in [5.74, 6) is 0. The summed E-state index contributed by atoms with van der Waals surface area (Å²) in [7, 11) is 0. The van der Waals surface area contributed by atoms with E-state index in [1.165, 1.54) is 25.7 Å². The lowest BCUT2D eigenvalue weighted by atomic mass is 9.87. The molecular formula is C12H24O. The van der Waals surface area contributed by atoms with Gasteiger partial charge >= 0.3 is 0 Å². The topological polar surface area (TPSA) is 20.2 Å². The van der Waals surface area contributed by atoms with Crippen LogP contribution in [0.4, 0.5) is 0 Å². The van der Waals surface area contributed by atoms with Gasteiger partial charge in [0.1, 0.15) is 0 Å². The predicted octanol–water partition coefficient (Wildman–Crippen LogP) is 3.51. The Balaban J connectivity index is 2.32. The van der Waals surface area contributed by atoms with Gasteiger partial charge in [0, 0.05) is 0 Å². The molecule has 1 atom stereocenters. The van der Waals surface area contributed by atoms with Gasteiger partial charge in [0.25, 0.3) is 0 Å². The summed E-state index contributed by atoms with van der Waals surface area (Å²) in [5, 5.41) is 10.3. The molecule has 0 aromatic rings. The Morgan fingerprint density at radius 1 is 1.15 bits per heavy atom. The van der Waals surface area contributed by atoms with Crippen LogP contribution in [0, 0.1) is 5.41 Å². The molecule has 1 fully saturated rings. The van der Waals surface area contributed by atoms with Gasteiger partial charge < -0.3 is 5.11 Å². The van der Waals surface area contributed by atoms with Gasteiger partial charge in [-0.1, -0.05) is 40.0 Å². The zero-order valence-electron chi connectivity index (χ0n) is 9.40. The lowest BCUT2D eigenvalue weighted by Crippen LogP contribution is -2.25. The van der Waals surface area contributed by atoms with Crippen LogP contribution in [0.2, 0.25) is 0 Å². The van der Waals surface area contributed by atoms with Crippen LogP contribution in [0.25, 0.3) is 0 Å². The van der Waals surface area contributed by atoms with Crippen LogP contribution >= 0.6 is 0 Å². The molecule has 0 amide bonds. The van der Waals surface area contributed by atoms with Gasteiger partial charge in [-0.25, -0.2) is 0 Å². The highest BCUT2D eigenvalue weighted by Crippen LogP contribution is 2.45. The maximum Gasteiger partial charge on any atom is 0.0653 e. The third kappa shape index (κ3) is 3.30. The smallest absolute Gasteiger partial charge is 0.0653 e. The molecule has 0 aromatic heterocycles. The molecule has 13 heavy (non-hydrogen) atoms. The first-order valence-corrected chi connectivity index (χ1v) is 5.70. The van der Waals surface area contributed by atoms with Crippen LogP contribution in [0.1, 0.15) is 65.7 Å². The van der Waals surface area contributed by atoms with Crippen molar-refractivity contribution in [1.82, 2.24) is 0 Å². The average molecular weight is 184 g/mol. The molecule has 1 aliphatic carbocycles. The van der Waals surface area contributed by atoms with E-state index >= 15 is 0 Å². The van der Waals surface area contributed by atoms with Crippen molar-refractivity contribution in [3.63, 3.8) is 0 Å². The Labute approximate surface area is 82.5 Å². The van der Waals surface area contributed by atoms with E-state index in [0.717, 1.165) is 19.3 Å². The van der Waals surface area contributed by atoms with Crippen molar-refractivity contribution in [2.45, 2.75) is 71.3 Å². The quantitative estimate of drug-likeness (QED) is 0.663. The Kier molecular flexibility index (Phi) is 3.39. The van der Waals surface area contributed by atoms with Gasteiger partial charge in [-0.2, -0.15) is 0 Å². The summed E-state index contributed by atoms with van der Waals surface area (Å²) < 4.78 is 0. The van der Waals surface area contributed by atoms with Crippen molar-refractivity contribution in [2.24, 2.45) is 5.41 Å². The fourth-order valence-corrected chi connectivity index (χ4v) is 2.56. The van der Waals surface area contributed by atoms with Gasteiger partial charge in [-0.3, -0.25) is 0 Å². The number of unbranched alkanes of at least 4 members (excludes halogenated alkanes) is 2. The third-order valence-electron chi connectivity index (χ3n) is 3.32. The summed E-state index contributed by atoms with van der Waals surface area (Å²) in [6, 6.07) is 0. The first-order valence-electron chi connectivity index (χ1n) is 5.70. The standard InChI is InChI=1S/C12H24O/c1-4-5-6-7-12(13)9-8-11(2,3)10-12/h13H,4-10H2,1-3H3. The monoisotopic (exact) mass is 184 g/mol. The molecule has 1 heteroatoms. The summed E-state index contributed by atoms with van der Waals surface area (Å²) in [4.78, 5) is 0. The molecule has 0 spiro atoms. The van der Waals surface area contributed by atoms with E-state index in [2.05, 4.69) is 20.8 Å². The molecule has 1 unspecified atom stereocenters. The molecule has 78 valence electrons. The molecule has 1 N–H and O–H groups in total. The Bertz CT molecular complexity index is 163. The van der Waals surface area contributed by atoms with Crippen molar-refractivity contribution in [1.29, 1.82) is 0 Å². The lowest BCUT2D eigenvalue weighted by molar-refractivity contribution is 0.0265. The average Bonchev–Trinajstić information content (AvgIpc) is 2.27. The van der Waals surface area contributed by atoms with Crippen LogP contribution < -0.4 is 0 Å². The third-order valence-corrected chi connectivity index (χ3v) is 3.32. The number of hydrogen-bond donors (Lipinski definition) is 1. The Hall–Kier alpha value is -0.0400. The summed E-state index contributed by atoms with van der Waals surface area (Å²) >= 11 is 0. The van der Waals surface area contributed by atoms with Crippen LogP contribution in [0.5, 0.6) is 0 Å². The van der Waals surface area contributed by atoms with Crippen molar-refractivity contribution in [3.8, 4) is 0 Å². The van der Waals surface area contributed by atoms with Crippen molar-refractivity contribution < 1.29 is 5.11 Å². The first kappa shape index (κ1) is 11.0. The minimum atomic E-state index is -0.321. The molecule has 0 bridgehead atoms. The SMILES string of the molecule is CCCCCC1(O)CCC(C)(C)C1. The lowest BCUT2D eigenvalue weighted by Gasteiger charge is -2.25. The van der Waals surface area contributed by atoms with Crippen LogP contribution in [0.15, 0.2) is 0 Å². The molecular weight excluding hydrogens is 160 g/mol. The molecule has 0 heterocycles. The van der Waals surface area contributed by atoms with E-state index in [4.69, 9.17) is 0 Å². The minimum Gasteiger partial charge on any atom is -0.390 e. The number of rotatable bonds is 4. The zero-order valence-corrected chi connectivity index (χ0v) is 9.40. The zero-order chi connectivity index (χ0) is 9.95. The molecule has 0 aromatic carbocycles. The molecule has 1 rings (SSSR count). The molecule has 1 aliphatic rings. The van der Waals surface area contributed by atoms with E-state index in [-0.39, 0.29) is 5.60 Å². The molecule has 0 saturated heterocycles. The largest absolute Gasteiger partial charge is 0.390 e. The van der Waals surface area contributed by atoms with E-state index in [1.54, 1.807) is 0 Å². The van der Waals surface area contributed by atoms with Gasteiger partial charge in [-0.15, -0.1) is 0 Å². The highest BCUT2D eigenvalue weighted by atomic mass is 16.3. The van der Waals surface area contributed by atoms with Crippen molar-refractivity contribution >= 4 is 0 Å². The first-order chi connectivity index (χ1) is 5.97. The van der Waals surface area contributed by atoms with Gasteiger partial charge in [0.15, 0.2) is 0 Å². The van der Waals surface area contributed by atoms with E-state index < -0.39 is 0 Å². The van der Waals surface area contributed by atoms with Crippen LogP contribution in [-0.2, 0) is 0 Å². The Morgan fingerprint density at radius 3 is 2.31 bits per heavy atom. The number of hydrogen-bond acceptors (Lipinski definition) is 1. The fourth-order valence-electron chi connectivity index (χ4n) is 2.56. The van der Waals surface area contributed by atoms with Crippen LogP contribution in [0.3, 0.4) is 0 Å². The fraction of sp³-hybridized carbons (Fsp3) is 1.00. The van der Waals surface area contributed by atoms with Crippen LogP contribution in [-0.4, -0.2) is 10.7 Å². The van der Waals surface area contributed by atoms with Crippen molar-refractivity contribution in [2.75, 3.05) is 0 Å². The van der Waals surface area contributed by atoms with E-state index in [0.29, 0.717) is 5.41 Å². The van der Waals surface area contributed by atoms with E-state index in [9.17, 15) is 5.11 Å². The second kappa shape index (κ2) is 4.00. The normalized spacial score (nSPS) is 32.3. The Morgan fingerprint density at radius 2 is 1.85 bits per heavy atom. The molecule has 1 nitrogen and oxygen atoms in total. The van der Waals surface area contributed by atoms with Crippen molar-refractivity contribution in [3.05, 3.63) is 0 Å². The van der Waals surface area contributed by atoms with Gasteiger partial charge in [0.2, 0.25) is 0 Å². The van der Waals surface area contributed by atoms with E-state index in [1.807, 2.05) is 0 Å². The second-order valence-corrected chi connectivity index (χ2v) is 5.52. The molecule has 0 aliphatic heterocycles. The summed E-state index contributed by atoms with van der Waals surface area (Å²) in [6.07, 6.45) is 7.94. The van der Waals surface area contributed by atoms with Gasteiger partial charge in [0.05, 0.1) is 5.60 Å². The maximum absolute atomic E-state index is 10.3. The highest BCUT2D eigenvalue weighted by Gasteiger charge is 2.40.